The van der Waals surface area contributed by atoms with Gasteiger partial charge in [0.2, 0.25) is 0 Å². The molecule has 1 unspecified atom stereocenters. The van der Waals surface area contributed by atoms with Crippen molar-refractivity contribution in [1.82, 2.24) is 25.3 Å². The smallest absolute Gasteiger partial charge is 0.165 e. The van der Waals surface area contributed by atoms with Gasteiger partial charge in [0.1, 0.15) is 5.69 Å². The van der Waals surface area contributed by atoms with Gasteiger partial charge in [-0.15, -0.1) is 0 Å². The van der Waals surface area contributed by atoms with Crippen LogP contribution >= 0.6 is 0 Å². The summed E-state index contributed by atoms with van der Waals surface area (Å²) in [5.74, 6) is 1.22. The molecule has 0 bridgehead atoms. The average molecular weight is 433 g/mol. The summed E-state index contributed by atoms with van der Waals surface area (Å²) in [5.41, 5.74) is 11.9. The SMILES string of the molecule is Cc1ccc2nc(-c3nc(-c4ccc(C(=O)C5CCCNCC5)cc4)cnc3N)[nH]c2c1.[HH].[HH].[HH]. The summed E-state index contributed by atoms with van der Waals surface area (Å²) >= 11 is 0. The number of nitrogens with zero attached hydrogens (tertiary/aromatic N) is 3. The largest absolute Gasteiger partial charge is 0.382 e. The van der Waals surface area contributed by atoms with Gasteiger partial charge in [0, 0.05) is 21.3 Å². The Bertz CT molecular complexity index is 1280. The first kappa shape index (κ1) is 20.3. The van der Waals surface area contributed by atoms with Crippen molar-refractivity contribution in [3.63, 3.8) is 0 Å². The molecule has 0 spiro atoms. The van der Waals surface area contributed by atoms with Gasteiger partial charge in [-0.05, 0) is 57.0 Å². The third-order valence-electron chi connectivity index (χ3n) is 6.07. The maximum Gasteiger partial charge on any atom is 0.165 e. The molecule has 7 nitrogen and oxygen atoms in total. The number of hydrogen-bond donors (Lipinski definition) is 3. The molecule has 5 rings (SSSR count). The fraction of sp³-hybridized carbons (Fsp3) is 0.280. The van der Waals surface area contributed by atoms with Crippen LogP contribution in [-0.2, 0) is 0 Å². The van der Waals surface area contributed by atoms with Gasteiger partial charge < -0.3 is 16.0 Å². The highest BCUT2D eigenvalue weighted by Gasteiger charge is 2.21. The van der Waals surface area contributed by atoms with Crippen LogP contribution in [0.25, 0.3) is 33.8 Å². The number of nitrogens with two attached hydrogens (primary N) is 1. The standard InChI is InChI=1S/C25H26N6O.3H2/c1-15-4-9-19-20(13-15)31-25(30-19)22-24(26)28-14-21(29-22)16-5-7-18(8-6-16)23(32)17-3-2-11-27-12-10-17;;;/h4-9,13-14,17,27H,2-3,10-12H2,1H3,(H2,26,28)(H,30,31);3*1H. The Morgan fingerprint density at radius 1 is 1.09 bits per heavy atom. The molecule has 2 aromatic carbocycles. The summed E-state index contributed by atoms with van der Waals surface area (Å²) < 4.78 is 0. The topological polar surface area (TPSA) is 110 Å². The fourth-order valence-electron chi connectivity index (χ4n) is 4.27. The van der Waals surface area contributed by atoms with Crippen molar-refractivity contribution in [3.05, 3.63) is 59.8 Å². The number of carbonyl (C=O) groups excluding carboxylic acids is 1. The normalized spacial score (nSPS) is 16.7. The Morgan fingerprint density at radius 2 is 1.94 bits per heavy atom. The van der Waals surface area contributed by atoms with E-state index in [1.807, 2.05) is 49.4 Å². The van der Waals surface area contributed by atoms with E-state index in [9.17, 15) is 4.79 Å². The molecule has 1 fully saturated rings. The average Bonchev–Trinajstić information content (AvgIpc) is 3.03. The van der Waals surface area contributed by atoms with Crippen LogP contribution in [0, 0.1) is 12.8 Å². The quantitative estimate of drug-likeness (QED) is 0.396. The predicted octanol–water partition coefficient (Wildman–Crippen LogP) is 4.89. The van der Waals surface area contributed by atoms with Crippen molar-refractivity contribution in [2.24, 2.45) is 5.92 Å². The van der Waals surface area contributed by atoms with Crippen molar-refractivity contribution >= 4 is 22.6 Å². The van der Waals surface area contributed by atoms with E-state index in [0.717, 1.165) is 60.1 Å². The van der Waals surface area contributed by atoms with Crippen molar-refractivity contribution in [2.45, 2.75) is 26.2 Å². The minimum atomic E-state index is 0. The van der Waals surface area contributed by atoms with Gasteiger partial charge in [-0.2, -0.15) is 0 Å². The molecule has 7 heteroatoms. The van der Waals surface area contributed by atoms with Crippen LogP contribution in [0.3, 0.4) is 0 Å². The maximum absolute atomic E-state index is 12.9. The number of rotatable bonds is 4. The van der Waals surface area contributed by atoms with E-state index < -0.39 is 0 Å². The molecule has 0 radical (unpaired) electrons. The number of hydrogen-bond acceptors (Lipinski definition) is 6. The molecule has 4 aromatic rings. The number of carbonyl (C=O) groups is 1. The van der Waals surface area contributed by atoms with Gasteiger partial charge >= 0.3 is 0 Å². The van der Waals surface area contributed by atoms with E-state index >= 15 is 0 Å². The highest BCUT2D eigenvalue weighted by atomic mass is 16.1. The minimum absolute atomic E-state index is 0. The summed E-state index contributed by atoms with van der Waals surface area (Å²) in [4.78, 5) is 29.9. The number of H-pyrrole nitrogens is 1. The molecular weight excluding hydrogens is 400 g/mol. The second-order valence-electron chi connectivity index (χ2n) is 8.41. The van der Waals surface area contributed by atoms with E-state index in [-0.39, 0.29) is 16.0 Å². The van der Waals surface area contributed by atoms with Crippen LogP contribution < -0.4 is 11.1 Å². The lowest BCUT2D eigenvalue weighted by molar-refractivity contribution is 0.0910. The molecule has 0 aliphatic carbocycles. The first-order valence-corrected chi connectivity index (χ1v) is 11.0. The summed E-state index contributed by atoms with van der Waals surface area (Å²) in [6.45, 7) is 3.93. The molecular formula is C25H32N6O. The van der Waals surface area contributed by atoms with Crippen LogP contribution in [0.15, 0.2) is 48.7 Å². The first-order valence-electron chi connectivity index (χ1n) is 11.0. The lowest BCUT2D eigenvalue weighted by Gasteiger charge is -2.13. The van der Waals surface area contributed by atoms with Gasteiger partial charge in [0.15, 0.2) is 17.4 Å². The van der Waals surface area contributed by atoms with Crippen molar-refractivity contribution < 1.29 is 9.07 Å². The minimum Gasteiger partial charge on any atom is -0.382 e. The molecule has 1 atom stereocenters. The molecule has 168 valence electrons. The Hall–Kier alpha value is -3.58. The Morgan fingerprint density at radius 3 is 2.78 bits per heavy atom. The van der Waals surface area contributed by atoms with Crippen LogP contribution in [-0.4, -0.2) is 38.8 Å². The molecule has 32 heavy (non-hydrogen) atoms. The molecule has 2 aromatic heterocycles. The third-order valence-corrected chi connectivity index (χ3v) is 6.07. The van der Waals surface area contributed by atoms with Gasteiger partial charge in [-0.3, -0.25) is 4.79 Å². The number of ketones is 1. The fourth-order valence-corrected chi connectivity index (χ4v) is 4.27. The van der Waals surface area contributed by atoms with Crippen LogP contribution in [0.1, 0.15) is 39.5 Å². The van der Waals surface area contributed by atoms with Crippen molar-refractivity contribution in [3.8, 4) is 22.8 Å². The zero-order chi connectivity index (χ0) is 22.1. The second kappa shape index (κ2) is 8.51. The second-order valence-corrected chi connectivity index (χ2v) is 8.41. The first-order chi connectivity index (χ1) is 15.6. The molecule has 1 aliphatic heterocycles. The molecule has 3 heterocycles. The van der Waals surface area contributed by atoms with Gasteiger partial charge in [-0.25, -0.2) is 15.0 Å². The van der Waals surface area contributed by atoms with E-state index in [0.29, 0.717) is 23.0 Å². The zero-order valence-corrected chi connectivity index (χ0v) is 18.1. The highest BCUT2D eigenvalue weighted by Crippen LogP contribution is 2.27. The summed E-state index contributed by atoms with van der Waals surface area (Å²) in [5, 5.41) is 3.36. The molecule has 0 saturated carbocycles. The Balaban J connectivity index is 0.00000144. The van der Waals surface area contributed by atoms with Gasteiger partial charge in [-0.1, -0.05) is 30.3 Å². The van der Waals surface area contributed by atoms with Crippen LogP contribution in [0.5, 0.6) is 0 Å². The summed E-state index contributed by atoms with van der Waals surface area (Å²) in [6.07, 6.45) is 4.53. The Labute approximate surface area is 191 Å². The predicted molar refractivity (Wildman–Crippen MR) is 133 cm³/mol. The van der Waals surface area contributed by atoms with E-state index in [1.54, 1.807) is 6.20 Å². The number of aromatic nitrogens is 4. The van der Waals surface area contributed by atoms with Crippen molar-refractivity contribution in [2.75, 3.05) is 18.8 Å². The summed E-state index contributed by atoms with van der Waals surface area (Å²) in [6, 6.07) is 13.7. The number of anilines is 1. The van der Waals surface area contributed by atoms with E-state index in [1.165, 1.54) is 0 Å². The maximum atomic E-state index is 12.9. The number of benzene rings is 2. The van der Waals surface area contributed by atoms with Crippen LogP contribution in [0.2, 0.25) is 0 Å². The lowest BCUT2D eigenvalue weighted by Crippen LogP contribution is -2.18. The lowest BCUT2D eigenvalue weighted by atomic mass is 9.91. The molecule has 0 amide bonds. The monoisotopic (exact) mass is 432 g/mol. The number of Topliss-reactive ketones (excluding diaryl/α,β-unsaturated/α-hetero) is 1. The number of nitrogens with one attached hydrogen (secondary N) is 2. The van der Waals surface area contributed by atoms with E-state index in [4.69, 9.17) is 10.7 Å². The number of aryl methyl sites for hydroxylation is 1. The summed E-state index contributed by atoms with van der Waals surface area (Å²) in [7, 11) is 0. The number of aromatic amines is 1. The highest BCUT2D eigenvalue weighted by molar-refractivity contribution is 5.98. The van der Waals surface area contributed by atoms with Crippen LogP contribution in [0.4, 0.5) is 5.82 Å². The molecule has 4 N–H and O–H groups in total. The molecule has 1 aliphatic rings. The zero-order valence-electron chi connectivity index (χ0n) is 18.1. The number of fused-ring (bicyclic) bond motifs is 1. The molecule has 1 saturated heterocycles. The number of nitrogen functional groups attached to an aromatic ring is 1. The van der Waals surface area contributed by atoms with Crippen molar-refractivity contribution in [1.29, 1.82) is 0 Å². The number of imidazole rings is 1. The van der Waals surface area contributed by atoms with Gasteiger partial charge in [0.05, 0.1) is 22.9 Å². The van der Waals surface area contributed by atoms with E-state index in [2.05, 4.69) is 20.3 Å². The third kappa shape index (κ3) is 3.99. The van der Waals surface area contributed by atoms with Gasteiger partial charge in [0.25, 0.3) is 0 Å². The Kier molecular flexibility index (Phi) is 5.41.